The number of aliphatic hydroxyl groups excluding tert-OH is 1. The number of rotatable bonds is 13. The third kappa shape index (κ3) is 9.60. The molecule has 1 aromatic rings. The van der Waals surface area contributed by atoms with Crippen LogP contribution in [0.4, 0.5) is 18.9 Å². The summed E-state index contributed by atoms with van der Waals surface area (Å²) in [5, 5.41) is 8.71. The molecule has 0 aliphatic carbocycles. The highest BCUT2D eigenvalue weighted by Crippen LogP contribution is 2.26. The maximum absolute atomic E-state index is 12.3. The van der Waals surface area contributed by atoms with Gasteiger partial charge in [0.25, 0.3) is 0 Å². The van der Waals surface area contributed by atoms with Crippen LogP contribution in [0.3, 0.4) is 0 Å². The molecule has 0 radical (unpaired) electrons. The van der Waals surface area contributed by atoms with Gasteiger partial charge in [-0.15, -0.1) is 13.2 Å². The van der Waals surface area contributed by atoms with Crippen LogP contribution in [0.25, 0.3) is 0 Å². The van der Waals surface area contributed by atoms with Gasteiger partial charge in [0.15, 0.2) is 0 Å². The topological polar surface area (TPSA) is 80.7 Å². The summed E-state index contributed by atoms with van der Waals surface area (Å²) in [6.45, 7) is 5.94. The second kappa shape index (κ2) is 13.5. The number of carbonyl (C=O) groups excluding carboxylic acids is 1. The van der Waals surface area contributed by atoms with Crippen molar-refractivity contribution in [3.63, 3.8) is 0 Å². The molecule has 8 nitrogen and oxygen atoms in total. The predicted molar refractivity (Wildman–Crippen MR) is 111 cm³/mol. The Kier molecular flexibility index (Phi) is 11.0. The molecule has 1 aliphatic heterocycles. The van der Waals surface area contributed by atoms with E-state index in [0.29, 0.717) is 52.6 Å². The van der Waals surface area contributed by atoms with E-state index in [1.54, 1.807) is 19.1 Å². The zero-order chi connectivity index (χ0) is 23.4. The van der Waals surface area contributed by atoms with Crippen molar-refractivity contribution in [2.24, 2.45) is 0 Å². The fourth-order valence-electron chi connectivity index (χ4n) is 3.41. The number of nitrogens with zero attached hydrogens (tertiary/aromatic N) is 2. The lowest BCUT2D eigenvalue weighted by molar-refractivity contribution is -0.274. The Labute approximate surface area is 185 Å². The van der Waals surface area contributed by atoms with Gasteiger partial charge in [-0.1, -0.05) is 0 Å². The Morgan fingerprint density at radius 3 is 2.31 bits per heavy atom. The van der Waals surface area contributed by atoms with Crippen molar-refractivity contribution in [1.29, 1.82) is 0 Å². The molecular formula is C21H31F3N2O6. The molecular weight excluding hydrogens is 433 g/mol. The van der Waals surface area contributed by atoms with Gasteiger partial charge in [-0.2, -0.15) is 0 Å². The minimum atomic E-state index is -4.71. The number of ether oxygens (including phenoxy) is 4. The van der Waals surface area contributed by atoms with E-state index in [1.807, 2.05) is 0 Å². The van der Waals surface area contributed by atoms with Crippen LogP contribution < -0.4 is 9.64 Å². The summed E-state index contributed by atoms with van der Waals surface area (Å²) < 4.78 is 56.8. The maximum atomic E-state index is 12.3. The van der Waals surface area contributed by atoms with E-state index in [9.17, 15) is 18.0 Å². The number of alkyl halides is 3. The van der Waals surface area contributed by atoms with Crippen LogP contribution in [0.5, 0.6) is 5.75 Å². The molecule has 2 rings (SSSR count). The van der Waals surface area contributed by atoms with E-state index >= 15 is 0 Å². The highest BCUT2D eigenvalue weighted by atomic mass is 19.4. The predicted octanol–water partition coefficient (Wildman–Crippen LogP) is 2.05. The largest absolute Gasteiger partial charge is 0.573 e. The molecule has 0 amide bonds. The minimum Gasteiger partial charge on any atom is -0.466 e. The van der Waals surface area contributed by atoms with Gasteiger partial charge in [-0.05, 0) is 31.2 Å². The third-order valence-electron chi connectivity index (χ3n) is 4.89. The minimum absolute atomic E-state index is 0.0478. The van der Waals surface area contributed by atoms with E-state index in [1.165, 1.54) is 12.1 Å². The van der Waals surface area contributed by atoms with Crippen molar-refractivity contribution >= 4 is 11.7 Å². The molecule has 0 bridgehead atoms. The van der Waals surface area contributed by atoms with Gasteiger partial charge < -0.3 is 29.0 Å². The molecule has 1 unspecified atom stereocenters. The normalized spacial score (nSPS) is 16.1. The smallest absolute Gasteiger partial charge is 0.466 e. The average Bonchev–Trinajstić information content (AvgIpc) is 2.75. The van der Waals surface area contributed by atoms with Crippen LogP contribution in [-0.2, 0) is 19.0 Å². The standard InChI is InChI=1S/C21H31F3N2O6/c1-2-31-20(28)15-18(16-30-14-13-29-12-11-27)26-9-7-25(8-10-26)17-3-5-19(6-4-17)32-21(22,23)24/h3-6,18,27H,2,7-16H2,1H3. The van der Waals surface area contributed by atoms with Gasteiger partial charge in [0, 0.05) is 37.9 Å². The van der Waals surface area contributed by atoms with Crippen LogP contribution in [0.15, 0.2) is 24.3 Å². The number of hydrogen-bond acceptors (Lipinski definition) is 8. The van der Waals surface area contributed by atoms with Crippen LogP contribution in [0.1, 0.15) is 13.3 Å². The SMILES string of the molecule is CCOC(=O)CC(COCCOCCO)N1CCN(c2ccc(OC(F)(F)F)cc2)CC1. The van der Waals surface area contributed by atoms with Crippen molar-refractivity contribution in [2.75, 3.05) is 70.7 Å². The summed E-state index contributed by atoms with van der Waals surface area (Å²) in [5.74, 6) is -0.546. The van der Waals surface area contributed by atoms with E-state index in [4.69, 9.17) is 19.3 Å². The van der Waals surface area contributed by atoms with Gasteiger partial charge in [0.05, 0.1) is 46.1 Å². The Hall–Kier alpha value is -2.08. The van der Waals surface area contributed by atoms with Crippen LogP contribution in [0, 0.1) is 0 Å². The Balaban J connectivity index is 1.86. The molecule has 1 fully saturated rings. The van der Waals surface area contributed by atoms with E-state index in [0.717, 1.165) is 5.69 Å². The third-order valence-corrected chi connectivity index (χ3v) is 4.89. The molecule has 1 saturated heterocycles. The van der Waals surface area contributed by atoms with E-state index in [-0.39, 0.29) is 37.4 Å². The van der Waals surface area contributed by atoms with Crippen LogP contribution in [-0.4, -0.2) is 94.2 Å². The number of esters is 1. The highest BCUT2D eigenvalue weighted by Gasteiger charge is 2.31. The molecule has 0 saturated carbocycles. The molecule has 1 N–H and O–H groups in total. The second-order valence-corrected chi connectivity index (χ2v) is 7.14. The van der Waals surface area contributed by atoms with Crippen molar-refractivity contribution < 1.29 is 42.0 Å². The molecule has 1 aliphatic rings. The van der Waals surface area contributed by atoms with E-state index in [2.05, 4.69) is 14.5 Å². The summed E-state index contributed by atoms with van der Waals surface area (Å²) in [6.07, 6.45) is -4.51. The monoisotopic (exact) mass is 464 g/mol. The zero-order valence-electron chi connectivity index (χ0n) is 18.2. The van der Waals surface area contributed by atoms with Crippen LogP contribution >= 0.6 is 0 Å². The summed E-state index contributed by atoms with van der Waals surface area (Å²) >= 11 is 0. The van der Waals surface area contributed by atoms with Gasteiger partial charge in [0.2, 0.25) is 0 Å². The maximum Gasteiger partial charge on any atom is 0.573 e. The Morgan fingerprint density at radius 2 is 1.72 bits per heavy atom. The average molecular weight is 464 g/mol. The van der Waals surface area contributed by atoms with E-state index < -0.39 is 6.36 Å². The molecule has 1 aromatic carbocycles. The van der Waals surface area contributed by atoms with Crippen molar-refractivity contribution in [2.45, 2.75) is 25.7 Å². The number of benzene rings is 1. The highest BCUT2D eigenvalue weighted by molar-refractivity contribution is 5.70. The summed E-state index contributed by atoms with van der Waals surface area (Å²) in [6, 6.07) is 5.64. The number of carbonyl (C=O) groups is 1. The van der Waals surface area contributed by atoms with Gasteiger partial charge in [-0.3, -0.25) is 9.69 Å². The fourth-order valence-corrected chi connectivity index (χ4v) is 3.41. The van der Waals surface area contributed by atoms with Crippen LogP contribution in [0.2, 0.25) is 0 Å². The van der Waals surface area contributed by atoms with Crippen molar-refractivity contribution in [3.05, 3.63) is 24.3 Å². The number of piperazine rings is 1. The fraction of sp³-hybridized carbons (Fsp3) is 0.667. The lowest BCUT2D eigenvalue weighted by atomic mass is 10.1. The quantitative estimate of drug-likeness (QED) is 0.351. The Bertz CT molecular complexity index is 666. The first kappa shape index (κ1) is 26.2. The van der Waals surface area contributed by atoms with Gasteiger partial charge in [-0.25, -0.2) is 0 Å². The molecule has 11 heteroatoms. The first-order chi connectivity index (χ1) is 15.3. The molecule has 182 valence electrons. The Morgan fingerprint density at radius 1 is 1.06 bits per heavy atom. The lowest BCUT2D eigenvalue weighted by Gasteiger charge is -2.40. The van der Waals surface area contributed by atoms with Gasteiger partial charge >= 0.3 is 12.3 Å². The molecule has 1 heterocycles. The first-order valence-corrected chi connectivity index (χ1v) is 10.6. The molecule has 0 spiro atoms. The summed E-state index contributed by atoms with van der Waals surface area (Å²) in [5.41, 5.74) is 0.804. The first-order valence-electron chi connectivity index (χ1n) is 10.6. The number of aliphatic hydroxyl groups is 1. The molecule has 0 aromatic heterocycles. The lowest BCUT2D eigenvalue weighted by Crippen LogP contribution is -2.52. The second-order valence-electron chi connectivity index (χ2n) is 7.14. The molecule has 1 atom stereocenters. The molecule has 32 heavy (non-hydrogen) atoms. The summed E-state index contributed by atoms with van der Waals surface area (Å²) in [4.78, 5) is 16.3. The van der Waals surface area contributed by atoms with Crippen molar-refractivity contribution in [1.82, 2.24) is 4.90 Å². The number of halogens is 3. The van der Waals surface area contributed by atoms with Crippen molar-refractivity contribution in [3.8, 4) is 5.75 Å². The zero-order valence-corrected chi connectivity index (χ0v) is 18.2. The number of hydrogen-bond donors (Lipinski definition) is 1. The number of anilines is 1. The van der Waals surface area contributed by atoms with Gasteiger partial charge in [0.1, 0.15) is 5.75 Å². The summed E-state index contributed by atoms with van der Waals surface area (Å²) in [7, 11) is 0.